The summed E-state index contributed by atoms with van der Waals surface area (Å²) >= 11 is -4.50. The number of hydrogen-bond acceptors (Lipinski definition) is 0. The number of benzene rings is 4. The number of allylic oxidation sites excluding steroid dienone is 4. The fourth-order valence-corrected chi connectivity index (χ4v) is 22.9. The second-order valence-corrected chi connectivity index (χ2v) is 28.1. The molecule has 6 rings (SSSR count). The molecule has 0 N–H and O–H groups in total. The van der Waals surface area contributed by atoms with Crippen molar-refractivity contribution in [3.05, 3.63) is 140 Å². The topological polar surface area (TPSA) is 0 Å². The molecule has 0 bridgehead atoms. The Morgan fingerprint density at radius 3 is 1.88 bits per heavy atom. The van der Waals surface area contributed by atoms with E-state index in [4.69, 9.17) is 4.21 Å². The second kappa shape index (κ2) is 11.9. The van der Waals surface area contributed by atoms with Gasteiger partial charge in [0, 0.05) is 0 Å². The van der Waals surface area contributed by atoms with Crippen LogP contribution in [0.3, 0.4) is 0 Å². The molecule has 224 valence electrons. The molecule has 0 aromatic heterocycles. The van der Waals surface area contributed by atoms with Gasteiger partial charge in [-0.25, -0.2) is 0 Å². The van der Waals surface area contributed by atoms with Gasteiger partial charge in [-0.1, -0.05) is 0 Å². The van der Waals surface area contributed by atoms with Gasteiger partial charge in [0.25, 0.3) is 0 Å². The van der Waals surface area contributed by atoms with E-state index in [1.54, 1.807) is 6.55 Å². The van der Waals surface area contributed by atoms with Crippen LogP contribution >= 0.6 is 24.8 Å². The van der Waals surface area contributed by atoms with Crippen molar-refractivity contribution in [3.8, 4) is 11.1 Å². The molecule has 0 amide bonds. The van der Waals surface area contributed by atoms with Crippen LogP contribution in [0, 0.1) is 0 Å². The van der Waals surface area contributed by atoms with E-state index in [1.165, 1.54) is 42.2 Å². The van der Waals surface area contributed by atoms with Crippen LogP contribution in [-0.4, -0.2) is 4.21 Å². The second-order valence-electron chi connectivity index (χ2n) is 14.6. The van der Waals surface area contributed by atoms with Gasteiger partial charge < -0.3 is 0 Å². The van der Waals surface area contributed by atoms with Crippen LogP contribution in [0.25, 0.3) is 11.1 Å². The van der Waals surface area contributed by atoms with Gasteiger partial charge in [0.15, 0.2) is 0 Å². The SMILES string of the molecule is Cl.Cl.[CH2]=[Zr]([CH2]c1ccccc1)([C]1=CC=CC1)([c]1ccccc1)[c]1cc(C(C)(C)C)cc2c1Cc1ccc(C(C)(C)C)cc1-2. The van der Waals surface area contributed by atoms with Crippen molar-refractivity contribution in [3.63, 3.8) is 0 Å². The summed E-state index contributed by atoms with van der Waals surface area (Å²) in [6, 6.07) is 35.0. The molecule has 0 aliphatic heterocycles. The predicted octanol–water partition coefficient (Wildman–Crippen LogP) is 9.81. The Hall–Kier alpha value is -2.31. The number of hydrogen-bond donors (Lipinski definition) is 0. The maximum absolute atomic E-state index is 5.64. The van der Waals surface area contributed by atoms with Crippen molar-refractivity contribution in [2.45, 2.75) is 69.3 Å². The van der Waals surface area contributed by atoms with Gasteiger partial charge >= 0.3 is 250 Å². The first-order chi connectivity index (χ1) is 19.4. The van der Waals surface area contributed by atoms with Gasteiger partial charge in [-0.3, -0.25) is 0 Å². The first-order valence-electron chi connectivity index (χ1n) is 15.2. The molecule has 0 nitrogen and oxygen atoms in total. The molecule has 2 aliphatic rings. The first kappa shape index (κ1) is 33.6. The normalized spacial score (nSPS) is 14.3. The van der Waals surface area contributed by atoms with Gasteiger partial charge in [0.2, 0.25) is 0 Å². The van der Waals surface area contributed by atoms with Gasteiger partial charge in [0.1, 0.15) is 0 Å². The summed E-state index contributed by atoms with van der Waals surface area (Å²) in [5.74, 6) is 0. The number of halogens is 2. The molecular formula is C40H46Cl2Zr. The molecule has 0 fully saturated rings. The van der Waals surface area contributed by atoms with E-state index in [1.807, 2.05) is 0 Å². The third kappa shape index (κ3) is 5.67. The third-order valence-corrected chi connectivity index (χ3v) is 26.0. The Kier molecular flexibility index (Phi) is 9.29. The van der Waals surface area contributed by atoms with Crippen molar-refractivity contribution >= 4 is 35.6 Å². The maximum atomic E-state index is 5.64. The Bertz CT molecular complexity index is 1760. The van der Waals surface area contributed by atoms with Crippen LogP contribution < -0.4 is 6.54 Å². The Labute approximate surface area is 272 Å². The van der Waals surface area contributed by atoms with E-state index in [0.29, 0.717) is 0 Å². The molecule has 0 spiro atoms. The molecule has 0 unspecified atom stereocenters. The monoisotopic (exact) mass is 686 g/mol. The van der Waals surface area contributed by atoms with E-state index < -0.39 is 18.3 Å². The molecule has 4 aromatic carbocycles. The van der Waals surface area contributed by atoms with Gasteiger partial charge in [-0.15, -0.1) is 24.8 Å². The quantitative estimate of drug-likeness (QED) is 0.173. The Morgan fingerprint density at radius 2 is 1.30 bits per heavy atom. The summed E-state index contributed by atoms with van der Waals surface area (Å²) in [6.45, 7) is 14.1. The predicted molar refractivity (Wildman–Crippen MR) is 191 cm³/mol. The van der Waals surface area contributed by atoms with Gasteiger partial charge in [-0.2, -0.15) is 0 Å². The van der Waals surface area contributed by atoms with Crippen molar-refractivity contribution in [1.29, 1.82) is 0 Å². The summed E-state index contributed by atoms with van der Waals surface area (Å²) in [6.07, 6.45) is 9.03. The Balaban J connectivity index is 0.00000212. The molecule has 2 aliphatic carbocycles. The average molecular weight is 689 g/mol. The fourth-order valence-electron chi connectivity index (χ4n) is 7.32. The number of fused-ring (bicyclic) bond motifs is 3. The van der Waals surface area contributed by atoms with Crippen molar-refractivity contribution < 1.29 is 18.3 Å². The van der Waals surface area contributed by atoms with Gasteiger partial charge in [-0.05, 0) is 0 Å². The minimum absolute atomic E-state index is 0. The summed E-state index contributed by atoms with van der Waals surface area (Å²) in [7, 11) is 0. The number of rotatable bonds is 5. The summed E-state index contributed by atoms with van der Waals surface area (Å²) in [5, 5.41) is 0. The summed E-state index contributed by atoms with van der Waals surface area (Å²) in [5.41, 5.74) is 10.2. The minimum atomic E-state index is -4.50. The molecule has 0 saturated heterocycles. The van der Waals surface area contributed by atoms with Crippen LogP contribution in [-0.2, 0) is 39.7 Å². The summed E-state index contributed by atoms with van der Waals surface area (Å²) in [4.78, 5) is 0. The zero-order valence-electron chi connectivity index (χ0n) is 26.5. The zero-order valence-corrected chi connectivity index (χ0v) is 30.6. The molecule has 0 radical (unpaired) electrons. The van der Waals surface area contributed by atoms with Crippen LogP contribution in [0.4, 0.5) is 0 Å². The zero-order chi connectivity index (χ0) is 29.1. The molecule has 43 heavy (non-hydrogen) atoms. The van der Waals surface area contributed by atoms with E-state index in [2.05, 4.69) is 151 Å². The van der Waals surface area contributed by atoms with Crippen molar-refractivity contribution in [2.75, 3.05) is 0 Å². The van der Waals surface area contributed by atoms with Crippen LogP contribution in [0.5, 0.6) is 0 Å². The van der Waals surface area contributed by atoms with Crippen LogP contribution in [0.15, 0.2) is 113 Å². The van der Waals surface area contributed by atoms with Crippen LogP contribution in [0.1, 0.15) is 75.8 Å². The Morgan fingerprint density at radius 1 is 0.698 bits per heavy atom. The van der Waals surface area contributed by atoms with E-state index >= 15 is 0 Å². The first-order valence-corrected chi connectivity index (χ1v) is 22.4. The van der Waals surface area contributed by atoms with Gasteiger partial charge in [0.05, 0.1) is 0 Å². The fraction of sp³-hybridized carbons (Fsp3) is 0.275. The van der Waals surface area contributed by atoms with E-state index in [0.717, 1.165) is 17.0 Å². The molecule has 0 saturated carbocycles. The van der Waals surface area contributed by atoms with E-state index in [9.17, 15) is 0 Å². The third-order valence-electron chi connectivity index (χ3n) is 9.85. The van der Waals surface area contributed by atoms with Crippen LogP contribution in [0.2, 0.25) is 0 Å². The molecule has 4 aromatic rings. The standard InChI is InChI=1S/C21H25.C7H7.C6H5.C5H5.CH2.2ClH.Zr/c1-20(2,3)16-9-7-14-11-15-8-10-17(21(4,5)6)13-19(15)18(14)12-16;1-7-5-3-2-4-6-7;1-2-4-6-5-3-1;1-2-4-5-3-1;;;;/h7,9-10,12-13H,11H2,1-6H3;2-6H,1H2;1-5H;1-3H,4H2;1H2;2*1H;. The molecule has 0 heterocycles. The molecular weight excluding hydrogens is 643 g/mol. The molecule has 3 heteroatoms. The average Bonchev–Trinajstić information content (AvgIpc) is 3.61. The van der Waals surface area contributed by atoms with E-state index in [-0.39, 0.29) is 35.6 Å². The van der Waals surface area contributed by atoms with Crippen molar-refractivity contribution in [2.24, 2.45) is 0 Å². The van der Waals surface area contributed by atoms with Crippen molar-refractivity contribution in [1.82, 2.24) is 0 Å². The molecule has 0 atom stereocenters. The summed E-state index contributed by atoms with van der Waals surface area (Å²) < 4.78 is 11.2.